The van der Waals surface area contributed by atoms with Crippen LogP contribution in [0.4, 0.5) is 17.1 Å². The van der Waals surface area contributed by atoms with Crippen LogP contribution in [0.1, 0.15) is 27.8 Å². The molecule has 0 spiro atoms. The highest BCUT2D eigenvalue weighted by atomic mass is 16.6. The lowest BCUT2D eigenvalue weighted by Gasteiger charge is -2.17. The normalized spacial score (nSPS) is 13.6. The molecule has 1 N–H and O–H groups in total. The molecule has 1 aliphatic heterocycles. The quantitative estimate of drug-likeness (QED) is 0.333. The van der Waals surface area contributed by atoms with Gasteiger partial charge in [-0.05, 0) is 91.9 Å². The second kappa shape index (κ2) is 8.35. The molecule has 7 heteroatoms. The van der Waals surface area contributed by atoms with E-state index in [-0.39, 0.29) is 17.0 Å². The number of hydrogen-bond donors (Lipinski definition) is 1. The van der Waals surface area contributed by atoms with Crippen molar-refractivity contribution in [2.75, 3.05) is 10.2 Å². The SMILES string of the molecule is Cc1cc(C)cc(NC2=C(c3ccc([N+](=O)[O-])cc3)C(=O)N(c3ccc(C)c(C)c3)C2=O)c1. The minimum absolute atomic E-state index is 0.0917. The fourth-order valence-corrected chi connectivity index (χ4v) is 3.95. The summed E-state index contributed by atoms with van der Waals surface area (Å²) in [6.07, 6.45) is 0. The number of aryl methyl sites for hydroxylation is 4. The van der Waals surface area contributed by atoms with Gasteiger partial charge in [0.05, 0.1) is 16.2 Å². The summed E-state index contributed by atoms with van der Waals surface area (Å²) < 4.78 is 0. The monoisotopic (exact) mass is 441 g/mol. The van der Waals surface area contributed by atoms with Crippen LogP contribution in [0.5, 0.6) is 0 Å². The fourth-order valence-electron chi connectivity index (χ4n) is 3.95. The van der Waals surface area contributed by atoms with Crippen molar-refractivity contribution in [2.24, 2.45) is 0 Å². The predicted octanol–water partition coefficient (Wildman–Crippen LogP) is 5.23. The predicted molar refractivity (Wildman–Crippen MR) is 128 cm³/mol. The van der Waals surface area contributed by atoms with Gasteiger partial charge in [-0.15, -0.1) is 0 Å². The molecule has 0 bridgehead atoms. The molecule has 0 saturated carbocycles. The molecule has 7 nitrogen and oxygen atoms in total. The van der Waals surface area contributed by atoms with E-state index in [4.69, 9.17) is 0 Å². The van der Waals surface area contributed by atoms with E-state index in [1.807, 2.05) is 52.0 Å². The molecule has 0 fully saturated rings. The van der Waals surface area contributed by atoms with Gasteiger partial charge in [-0.3, -0.25) is 19.7 Å². The highest BCUT2D eigenvalue weighted by Crippen LogP contribution is 2.35. The van der Waals surface area contributed by atoms with Gasteiger partial charge in [-0.1, -0.05) is 12.1 Å². The molecule has 0 unspecified atom stereocenters. The van der Waals surface area contributed by atoms with Crippen molar-refractivity contribution >= 4 is 34.4 Å². The Labute approximate surface area is 191 Å². The number of nitrogens with one attached hydrogen (secondary N) is 1. The van der Waals surface area contributed by atoms with Crippen LogP contribution >= 0.6 is 0 Å². The zero-order chi connectivity index (χ0) is 23.9. The summed E-state index contributed by atoms with van der Waals surface area (Å²) in [4.78, 5) is 38.8. The van der Waals surface area contributed by atoms with Crippen molar-refractivity contribution in [2.45, 2.75) is 27.7 Å². The van der Waals surface area contributed by atoms with Crippen LogP contribution in [0.3, 0.4) is 0 Å². The topological polar surface area (TPSA) is 92.6 Å². The molecular formula is C26H23N3O4. The van der Waals surface area contributed by atoms with Crippen LogP contribution in [0.15, 0.2) is 66.4 Å². The first-order chi connectivity index (χ1) is 15.7. The zero-order valence-electron chi connectivity index (χ0n) is 18.8. The molecule has 0 radical (unpaired) electrons. The van der Waals surface area contributed by atoms with Crippen LogP contribution in [-0.2, 0) is 9.59 Å². The Morgan fingerprint density at radius 1 is 0.788 bits per heavy atom. The molecule has 4 rings (SSSR count). The summed E-state index contributed by atoms with van der Waals surface area (Å²) >= 11 is 0. The fraction of sp³-hybridized carbons (Fsp3) is 0.154. The molecule has 0 atom stereocenters. The van der Waals surface area contributed by atoms with Crippen molar-refractivity contribution in [3.8, 4) is 0 Å². The molecule has 166 valence electrons. The van der Waals surface area contributed by atoms with Gasteiger partial charge in [0.25, 0.3) is 17.5 Å². The number of hydrogen-bond acceptors (Lipinski definition) is 5. The van der Waals surface area contributed by atoms with E-state index < -0.39 is 16.7 Å². The summed E-state index contributed by atoms with van der Waals surface area (Å²) in [5.41, 5.74) is 5.84. The van der Waals surface area contributed by atoms with Crippen molar-refractivity contribution in [3.63, 3.8) is 0 Å². The zero-order valence-corrected chi connectivity index (χ0v) is 18.8. The summed E-state index contributed by atoms with van der Waals surface area (Å²) in [5, 5.41) is 14.2. The molecule has 33 heavy (non-hydrogen) atoms. The van der Waals surface area contributed by atoms with Gasteiger partial charge in [-0.25, -0.2) is 4.90 Å². The minimum atomic E-state index is -0.504. The van der Waals surface area contributed by atoms with E-state index in [0.29, 0.717) is 16.9 Å². The maximum Gasteiger partial charge on any atom is 0.282 e. The molecule has 0 aliphatic carbocycles. The Balaban J connectivity index is 1.84. The number of nitro groups is 1. The van der Waals surface area contributed by atoms with Crippen LogP contribution in [-0.4, -0.2) is 16.7 Å². The Hall–Kier alpha value is -4.26. The number of carbonyl (C=O) groups is 2. The smallest absolute Gasteiger partial charge is 0.282 e. The lowest BCUT2D eigenvalue weighted by molar-refractivity contribution is -0.384. The van der Waals surface area contributed by atoms with E-state index in [9.17, 15) is 19.7 Å². The number of benzene rings is 3. The largest absolute Gasteiger partial charge is 0.350 e. The number of amides is 2. The number of non-ortho nitro benzene ring substituents is 1. The standard InChI is InChI=1S/C26H23N3O4/c1-15-11-16(2)13-20(12-15)27-24-23(19-6-9-21(10-7-19)29(32)33)25(30)28(26(24)31)22-8-5-17(3)18(4)14-22/h5-14,27H,1-4H3. The van der Waals surface area contributed by atoms with Crippen molar-refractivity contribution in [1.82, 2.24) is 0 Å². The third-order valence-electron chi connectivity index (χ3n) is 5.69. The van der Waals surface area contributed by atoms with Crippen LogP contribution in [0, 0.1) is 37.8 Å². The molecule has 1 aliphatic rings. The van der Waals surface area contributed by atoms with Crippen LogP contribution in [0.2, 0.25) is 0 Å². The molecule has 0 aromatic heterocycles. The van der Waals surface area contributed by atoms with Crippen LogP contribution in [0.25, 0.3) is 5.57 Å². The Morgan fingerprint density at radius 3 is 2.00 bits per heavy atom. The van der Waals surface area contributed by atoms with Gasteiger partial charge in [-0.2, -0.15) is 0 Å². The Bertz CT molecular complexity index is 1320. The maximum absolute atomic E-state index is 13.5. The van der Waals surface area contributed by atoms with Gasteiger partial charge in [0.1, 0.15) is 5.70 Å². The first kappa shape index (κ1) is 22.0. The van der Waals surface area contributed by atoms with Crippen molar-refractivity contribution in [3.05, 3.63) is 104 Å². The Kier molecular flexibility index (Phi) is 5.55. The van der Waals surface area contributed by atoms with E-state index in [1.165, 1.54) is 24.3 Å². The Morgan fingerprint density at radius 2 is 1.42 bits per heavy atom. The molecular weight excluding hydrogens is 418 g/mol. The molecule has 3 aromatic carbocycles. The maximum atomic E-state index is 13.5. The number of anilines is 2. The average molecular weight is 441 g/mol. The summed E-state index contributed by atoms with van der Waals surface area (Å²) in [7, 11) is 0. The highest BCUT2D eigenvalue weighted by molar-refractivity contribution is 6.46. The van der Waals surface area contributed by atoms with Gasteiger partial charge in [0, 0.05) is 17.8 Å². The summed E-state index contributed by atoms with van der Waals surface area (Å²) in [6, 6.07) is 16.8. The lowest BCUT2D eigenvalue weighted by atomic mass is 10.0. The number of carbonyl (C=O) groups excluding carboxylic acids is 2. The third-order valence-corrected chi connectivity index (χ3v) is 5.69. The van der Waals surface area contributed by atoms with Crippen molar-refractivity contribution < 1.29 is 14.5 Å². The van der Waals surface area contributed by atoms with Crippen molar-refractivity contribution in [1.29, 1.82) is 0 Å². The molecule has 1 heterocycles. The highest BCUT2D eigenvalue weighted by Gasteiger charge is 2.40. The number of imide groups is 1. The van der Waals surface area contributed by atoms with Gasteiger partial charge in [0.2, 0.25) is 0 Å². The number of rotatable bonds is 5. The van der Waals surface area contributed by atoms with E-state index in [1.54, 1.807) is 12.1 Å². The second-order valence-corrected chi connectivity index (χ2v) is 8.27. The third kappa shape index (κ3) is 4.13. The first-order valence-corrected chi connectivity index (χ1v) is 10.5. The second-order valence-electron chi connectivity index (χ2n) is 8.27. The van der Waals surface area contributed by atoms with E-state index in [0.717, 1.165) is 27.2 Å². The first-order valence-electron chi connectivity index (χ1n) is 10.5. The van der Waals surface area contributed by atoms with Gasteiger partial charge in [0.15, 0.2) is 0 Å². The molecule has 0 saturated heterocycles. The number of nitro benzene ring substituents is 1. The van der Waals surface area contributed by atoms with Crippen LogP contribution < -0.4 is 10.2 Å². The average Bonchev–Trinajstić information content (AvgIpc) is 2.99. The summed E-state index contributed by atoms with van der Waals surface area (Å²) in [6.45, 7) is 7.78. The minimum Gasteiger partial charge on any atom is -0.350 e. The van der Waals surface area contributed by atoms with Gasteiger partial charge >= 0.3 is 0 Å². The summed E-state index contributed by atoms with van der Waals surface area (Å²) in [5.74, 6) is -0.959. The van der Waals surface area contributed by atoms with Gasteiger partial charge < -0.3 is 5.32 Å². The van der Waals surface area contributed by atoms with E-state index >= 15 is 0 Å². The van der Waals surface area contributed by atoms with E-state index in [2.05, 4.69) is 5.32 Å². The molecule has 2 amide bonds. The lowest BCUT2D eigenvalue weighted by Crippen LogP contribution is -2.32. The number of nitrogens with zero attached hydrogens (tertiary/aromatic N) is 2. The molecule has 3 aromatic rings.